The number of aromatic nitrogens is 2. The van der Waals surface area contributed by atoms with Crippen LogP contribution in [0.2, 0.25) is 0 Å². The fraction of sp³-hybridized carbons (Fsp3) is 0.684. The minimum absolute atomic E-state index is 0.157. The molecule has 1 aliphatic heterocycles. The van der Waals surface area contributed by atoms with E-state index in [1.54, 1.807) is 32.6 Å². The highest BCUT2D eigenvalue weighted by atomic mass is 16.6. The van der Waals surface area contributed by atoms with Crippen molar-refractivity contribution >= 4 is 12.0 Å². The van der Waals surface area contributed by atoms with Crippen molar-refractivity contribution in [3.8, 4) is 6.01 Å². The third kappa shape index (κ3) is 6.69. The van der Waals surface area contributed by atoms with E-state index < -0.39 is 17.7 Å². The van der Waals surface area contributed by atoms with Gasteiger partial charge in [0.25, 0.3) is 0 Å². The van der Waals surface area contributed by atoms with Crippen molar-refractivity contribution in [2.75, 3.05) is 13.1 Å². The van der Waals surface area contributed by atoms with Gasteiger partial charge in [-0.15, -0.1) is 0 Å². The number of hydrogen-bond donors (Lipinski definition) is 1. The lowest BCUT2D eigenvalue weighted by Crippen LogP contribution is -2.52. The molecule has 150 valence electrons. The van der Waals surface area contributed by atoms with Crippen LogP contribution in [0, 0.1) is 13.8 Å². The van der Waals surface area contributed by atoms with Crippen molar-refractivity contribution in [2.24, 2.45) is 0 Å². The Hall–Kier alpha value is -2.38. The number of piperidine rings is 1. The number of aryl methyl sites for hydroxylation is 2. The number of hydrogen-bond acceptors (Lipinski definition) is 6. The summed E-state index contributed by atoms with van der Waals surface area (Å²) in [6.07, 6.45) is 0.878. The van der Waals surface area contributed by atoms with E-state index in [4.69, 9.17) is 9.47 Å². The zero-order chi connectivity index (χ0) is 20.2. The quantitative estimate of drug-likeness (QED) is 0.864. The molecule has 2 heterocycles. The maximum absolute atomic E-state index is 12.7. The number of ether oxygens (including phenoxy) is 2. The molecule has 2 amide bonds. The molecule has 1 aromatic heterocycles. The number of alkyl carbamates (subject to hydrolysis) is 1. The summed E-state index contributed by atoms with van der Waals surface area (Å²) in [6.45, 7) is 11.8. The third-order valence-electron chi connectivity index (χ3n) is 4.03. The fourth-order valence-corrected chi connectivity index (χ4v) is 2.95. The topological polar surface area (TPSA) is 93.7 Å². The van der Waals surface area contributed by atoms with Crippen molar-refractivity contribution in [1.82, 2.24) is 20.2 Å². The smallest absolute Gasteiger partial charge is 0.408 e. The molecular formula is C19H30N4O4. The van der Waals surface area contributed by atoms with Gasteiger partial charge in [0.15, 0.2) is 0 Å². The zero-order valence-electron chi connectivity index (χ0n) is 17.0. The van der Waals surface area contributed by atoms with Gasteiger partial charge in [0.2, 0.25) is 5.91 Å². The Balaban J connectivity index is 1.92. The summed E-state index contributed by atoms with van der Waals surface area (Å²) in [7, 11) is 0. The number of nitrogens with one attached hydrogen (secondary N) is 1. The largest absolute Gasteiger partial charge is 0.458 e. The number of carbonyl (C=O) groups excluding carboxylic acids is 2. The summed E-state index contributed by atoms with van der Waals surface area (Å²) in [4.78, 5) is 34.9. The van der Waals surface area contributed by atoms with Gasteiger partial charge in [-0.2, -0.15) is 0 Å². The van der Waals surface area contributed by atoms with E-state index in [1.165, 1.54) is 0 Å². The molecule has 0 aromatic carbocycles. The van der Waals surface area contributed by atoms with Gasteiger partial charge in [0.05, 0.1) is 6.54 Å². The number of likely N-dealkylation sites (tertiary alicyclic amines) is 1. The fourth-order valence-electron chi connectivity index (χ4n) is 2.95. The Kier molecular flexibility index (Phi) is 6.62. The molecule has 1 aromatic rings. The molecule has 0 aliphatic carbocycles. The lowest BCUT2D eigenvalue weighted by Gasteiger charge is -2.34. The summed E-state index contributed by atoms with van der Waals surface area (Å²) in [5.74, 6) is -0.157. The molecule has 0 bridgehead atoms. The van der Waals surface area contributed by atoms with Crippen LogP contribution in [0.25, 0.3) is 0 Å². The first-order valence-corrected chi connectivity index (χ1v) is 9.31. The van der Waals surface area contributed by atoms with Crippen LogP contribution in [-0.2, 0) is 9.53 Å². The van der Waals surface area contributed by atoms with Crippen LogP contribution in [0.3, 0.4) is 0 Å². The molecule has 0 spiro atoms. The van der Waals surface area contributed by atoms with Crippen molar-refractivity contribution in [3.05, 3.63) is 17.5 Å². The number of amides is 2. The van der Waals surface area contributed by atoms with Gasteiger partial charge in [-0.1, -0.05) is 0 Å². The standard InChI is InChI=1S/C19H30N4O4/c1-12-10-13(2)21-17(20-12)26-15-8-7-9-23(11-15)16(24)14(3)22-18(25)27-19(4,5)6/h10,14-15H,7-9,11H2,1-6H3,(H,22,25). The van der Waals surface area contributed by atoms with E-state index in [0.29, 0.717) is 19.1 Å². The second kappa shape index (κ2) is 8.54. The van der Waals surface area contributed by atoms with Gasteiger partial charge in [-0.3, -0.25) is 4.79 Å². The minimum atomic E-state index is -0.670. The van der Waals surface area contributed by atoms with Gasteiger partial charge in [0.1, 0.15) is 17.7 Å². The van der Waals surface area contributed by atoms with Crippen LogP contribution in [0.5, 0.6) is 6.01 Å². The van der Waals surface area contributed by atoms with Crippen molar-refractivity contribution < 1.29 is 19.1 Å². The average Bonchev–Trinajstić information content (AvgIpc) is 2.51. The highest BCUT2D eigenvalue weighted by Gasteiger charge is 2.30. The third-order valence-corrected chi connectivity index (χ3v) is 4.03. The van der Waals surface area contributed by atoms with E-state index >= 15 is 0 Å². The van der Waals surface area contributed by atoms with Gasteiger partial charge in [-0.05, 0) is 60.5 Å². The summed E-state index contributed by atoms with van der Waals surface area (Å²) in [5.41, 5.74) is 1.08. The predicted octanol–water partition coefficient (Wildman–Crippen LogP) is 2.38. The maximum Gasteiger partial charge on any atom is 0.408 e. The van der Waals surface area contributed by atoms with E-state index in [0.717, 1.165) is 24.2 Å². The molecule has 27 heavy (non-hydrogen) atoms. The average molecular weight is 378 g/mol. The van der Waals surface area contributed by atoms with Crippen LogP contribution in [0.1, 0.15) is 51.9 Å². The molecule has 1 saturated heterocycles. The first kappa shape index (κ1) is 20.9. The van der Waals surface area contributed by atoms with Gasteiger partial charge in [-0.25, -0.2) is 14.8 Å². The van der Waals surface area contributed by atoms with Crippen LogP contribution >= 0.6 is 0 Å². The highest BCUT2D eigenvalue weighted by molar-refractivity contribution is 5.85. The van der Waals surface area contributed by atoms with E-state index in [1.807, 2.05) is 19.9 Å². The normalized spacial score (nSPS) is 18.6. The Morgan fingerprint density at radius 1 is 1.26 bits per heavy atom. The van der Waals surface area contributed by atoms with Crippen LogP contribution in [-0.4, -0.2) is 57.7 Å². The lowest BCUT2D eigenvalue weighted by atomic mass is 10.1. The summed E-state index contributed by atoms with van der Waals surface area (Å²) in [6, 6.07) is 1.55. The molecule has 2 rings (SSSR count). The van der Waals surface area contributed by atoms with Crippen molar-refractivity contribution in [1.29, 1.82) is 0 Å². The molecule has 0 radical (unpaired) electrons. The number of nitrogens with zero attached hydrogens (tertiary/aromatic N) is 3. The molecule has 0 saturated carbocycles. The second-order valence-corrected chi connectivity index (χ2v) is 7.97. The number of rotatable bonds is 4. The van der Waals surface area contributed by atoms with Crippen molar-refractivity contribution in [2.45, 2.75) is 72.1 Å². The Labute approximate surface area is 160 Å². The van der Waals surface area contributed by atoms with E-state index in [2.05, 4.69) is 15.3 Å². The van der Waals surface area contributed by atoms with Gasteiger partial charge < -0.3 is 19.7 Å². The molecular weight excluding hydrogens is 348 g/mol. The predicted molar refractivity (Wildman–Crippen MR) is 101 cm³/mol. The first-order chi connectivity index (χ1) is 12.5. The molecule has 8 nitrogen and oxygen atoms in total. The Bertz CT molecular complexity index is 667. The molecule has 1 aliphatic rings. The van der Waals surface area contributed by atoms with Gasteiger partial charge in [0, 0.05) is 17.9 Å². The minimum Gasteiger partial charge on any atom is -0.458 e. The number of carbonyl (C=O) groups is 2. The molecule has 2 unspecified atom stereocenters. The van der Waals surface area contributed by atoms with E-state index in [-0.39, 0.29) is 12.0 Å². The molecule has 1 N–H and O–H groups in total. The van der Waals surface area contributed by atoms with Crippen LogP contribution in [0.4, 0.5) is 4.79 Å². The monoisotopic (exact) mass is 378 g/mol. The lowest BCUT2D eigenvalue weighted by molar-refractivity contribution is -0.135. The van der Waals surface area contributed by atoms with Crippen LogP contribution < -0.4 is 10.1 Å². The summed E-state index contributed by atoms with van der Waals surface area (Å²) < 4.78 is 11.1. The Morgan fingerprint density at radius 3 is 2.48 bits per heavy atom. The van der Waals surface area contributed by atoms with E-state index in [9.17, 15) is 9.59 Å². The molecule has 2 atom stereocenters. The van der Waals surface area contributed by atoms with Crippen molar-refractivity contribution in [3.63, 3.8) is 0 Å². The summed E-state index contributed by atoms with van der Waals surface area (Å²) >= 11 is 0. The SMILES string of the molecule is Cc1cc(C)nc(OC2CCCN(C(=O)C(C)NC(=O)OC(C)(C)C)C2)n1. The first-order valence-electron chi connectivity index (χ1n) is 9.31. The Morgan fingerprint density at radius 2 is 1.89 bits per heavy atom. The zero-order valence-corrected chi connectivity index (χ0v) is 17.0. The second-order valence-electron chi connectivity index (χ2n) is 7.97. The van der Waals surface area contributed by atoms with Crippen LogP contribution in [0.15, 0.2) is 6.07 Å². The maximum atomic E-state index is 12.7. The molecule has 1 fully saturated rings. The highest BCUT2D eigenvalue weighted by Crippen LogP contribution is 2.17. The molecule has 8 heteroatoms. The van der Waals surface area contributed by atoms with Gasteiger partial charge >= 0.3 is 12.1 Å². The summed E-state index contributed by atoms with van der Waals surface area (Å²) in [5, 5.41) is 2.60.